The molecule has 2 aliphatic rings. The summed E-state index contributed by atoms with van der Waals surface area (Å²) in [6, 6.07) is 11.7. The molecular formula is C19H30N2. The molecule has 1 heterocycles. The lowest BCUT2D eigenvalue weighted by Gasteiger charge is -2.48. The zero-order chi connectivity index (χ0) is 14.7. The molecule has 3 rings (SSSR count). The molecule has 2 nitrogen and oxygen atoms in total. The molecule has 21 heavy (non-hydrogen) atoms. The average Bonchev–Trinajstić information content (AvgIpc) is 2.48. The van der Waals surface area contributed by atoms with Gasteiger partial charge in [0.1, 0.15) is 0 Å². The van der Waals surface area contributed by atoms with Crippen LogP contribution < -0.4 is 5.32 Å². The van der Waals surface area contributed by atoms with Crippen LogP contribution in [-0.2, 0) is 6.54 Å². The van der Waals surface area contributed by atoms with Crippen molar-refractivity contribution < 1.29 is 0 Å². The van der Waals surface area contributed by atoms with Crippen LogP contribution in [0.4, 0.5) is 0 Å². The zero-order valence-electron chi connectivity index (χ0n) is 13.6. The number of hydrogen-bond acceptors (Lipinski definition) is 2. The normalized spacial score (nSPS) is 27.6. The van der Waals surface area contributed by atoms with E-state index < -0.39 is 0 Å². The number of nitrogens with zero attached hydrogens (tertiary/aromatic N) is 1. The molecule has 0 amide bonds. The molecule has 2 heteroatoms. The number of hydrogen-bond donors (Lipinski definition) is 1. The van der Waals surface area contributed by atoms with Crippen molar-refractivity contribution in [2.24, 2.45) is 5.92 Å². The third kappa shape index (κ3) is 3.87. The highest BCUT2D eigenvalue weighted by molar-refractivity contribution is 5.15. The number of benzene rings is 1. The van der Waals surface area contributed by atoms with Gasteiger partial charge in [0.05, 0.1) is 0 Å². The fourth-order valence-corrected chi connectivity index (χ4v) is 4.17. The predicted octanol–water partition coefficient (Wildman–Crippen LogP) is 3.82. The van der Waals surface area contributed by atoms with Crippen molar-refractivity contribution in [2.75, 3.05) is 13.1 Å². The lowest BCUT2D eigenvalue weighted by molar-refractivity contribution is 0.0419. The topological polar surface area (TPSA) is 15.3 Å². The summed E-state index contributed by atoms with van der Waals surface area (Å²) < 4.78 is 0. The molecule has 0 radical (unpaired) electrons. The minimum absolute atomic E-state index is 0.236. The summed E-state index contributed by atoms with van der Waals surface area (Å²) in [5.41, 5.74) is 1.69. The standard InChI is InChI=1S/C19H30N2/c1-19(2)15-21(14-16-9-5-3-6-10-16)18(13-20-19)17-11-7-4-8-12-17/h3,5-6,9-10,17-18,20H,4,7-8,11-15H2,1-2H3. The lowest BCUT2D eigenvalue weighted by Crippen LogP contribution is -2.63. The van der Waals surface area contributed by atoms with Crippen molar-refractivity contribution in [3.63, 3.8) is 0 Å². The molecule has 1 aromatic rings. The minimum atomic E-state index is 0.236. The lowest BCUT2D eigenvalue weighted by atomic mass is 9.81. The van der Waals surface area contributed by atoms with E-state index in [1.165, 1.54) is 37.7 Å². The molecule has 1 aromatic carbocycles. The molecular weight excluding hydrogens is 256 g/mol. The molecule has 1 unspecified atom stereocenters. The van der Waals surface area contributed by atoms with Crippen molar-refractivity contribution in [3.8, 4) is 0 Å². The van der Waals surface area contributed by atoms with Gasteiger partial charge in [0, 0.05) is 31.2 Å². The second-order valence-electron chi connectivity index (χ2n) is 7.62. The van der Waals surface area contributed by atoms with Gasteiger partial charge in [0.15, 0.2) is 0 Å². The van der Waals surface area contributed by atoms with Crippen molar-refractivity contribution >= 4 is 0 Å². The zero-order valence-corrected chi connectivity index (χ0v) is 13.6. The van der Waals surface area contributed by atoms with E-state index in [0.717, 1.165) is 31.6 Å². The Kier molecular flexibility index (Phi) is 4.66. The summed E-state index contributed by atoms with van der Waals surface area (Å²) in [7, 11) is 0. The number of rotatable bonds is 3. The highest BCUT2D eigenvalue weighted by Gasteiger charge is 2.36. The number of nitrogens with one attached hydrogen (secondary N) is 1. The molecule has 0 bridgehead atoms. The van der Waals surface area contributed by atoms with Crippen LogP contribution in [0, 0.1) is 5.92 Å². The molecule has 1 atom stereocenters. The average molecular weight is 286 g/mol. The fourth-order valence-electron chi connectivity index (χ4n) is 4.17. The van der Waals surface area contributed by atoms with E-state index in [2.05, 4.69) is 54.4 Å². The van der Waals surface area contributed by atoms with Crippen LogP contribution in [0.1, 0.15) is 51.5 Å². The molecule has 2 fully saturated rings. The highest BCUT2D eigenvalue weighted by Crippen LogP contribution is 2.32. The van der Waals surface area contributed by atoms with Crippen LogP contribution in [0.2, 0.25) is 0 Å². The molecule has 0 spiro atoms. The SMILES string of the molecule is CC1(C)CN(Cc2ccccc2)C(C2CCCCC2)CN1. The molecule has 1 saturated carbocycles. The third-order valence-corrected chi connectivity index (χ3v) is 5.28. The van der Waals surface area contributed by atoms with Crippen molar-refractivity contribution in [1.82, 2.24) is 10.2 Å². The van der Waals surface area contributed by atoms with Gasteiger partial charge in [-0.25, -0.2) is 0 Å². The summed E-state index contributed by atoms with van der Waals surface area (Å²) in [5, 5.41) is 3.78. The summed E-state index contributed by atoms with van der Waals surface area (Å²) in [4.78, 5) is 2.75. The van der Waals surface area contributed by atoms with Gasteiger partial charge in [-0.3, -0.25) is 4.90 Å². The van der Waals surface area contributed by atoms with E-state index in [-0.39, 0.29) is 5.54 Å². The first-order valence-corrected chi connectivity index (χ1v) is 8.67. The van der Waals surface area contributed by atoms with Gasteiger partial charge >= 0.3 is 0 Å². The Hall–Kier alpha value is -0.860. The van der Waals surface area contributed by atoms with Crippen LogP contribution in [-0.4, -0.2) is 29.6 Å². The maximum absolute atomic E-state index is 3.78. The Morgan fingerprint density at radius 1 is 1.10 bits per heavy atom. The second kappa shape index (κ2) is 6.50. The summed E-state index contributed by atoms with van der Waals surface area (Å²) in [5.74, 6) is 0.895. The maximum Gasteiger partial charge on any atom is 0.0253 e. The Balaban J connectivity index is 1.73. The monoisotopic (exact) mass is 286 g/mol. The largest absolute Gasteiger partial charge is 0.309 e. The van der Waals surface area contributed by atoms with Crippen LogP contribution in [0.3, 0.4) is 0 Å². The second-order valence-corrected chi connectivity index (χ2v) is 7.62. The van der Waals surface area contributed by atoms with Crippen molar-refractivity contribution in [1.29, 1.82) is 0 Å². The first kappa shape index (κ1) is 15.1. The minimum Gasteiger partial charge on any atom is -0.309 e. The van der Waals surface area contributed by atoms with Gasteiger partial charge in [-0.1, -0.05) is 49.6 Å². The van der Waals surface area contributed by atoms with E-state index in [1.54, 1.807) is 0 Å². The number of piperazine rings is 1. The summed E-state index contributed by atoms with van der Waals surface area (Å²) in [6.45, 7) is 8.09. The smallest absolute Gasteiger partial charge is 0.0253 e. The van der Waals surface area contributed by atoms with Gasteiger partial charge < -0.3 is 5.32 Å². The molecule has 1 aliphatic heterocycles. The van der Waals surface area contributed by atoms with E-state index >= 15 is 0 Å². The quantitative estimate of drug-likeness (QED) is 0.908. The van der Waals surface area contributed by atoms with Gasteiger partial charge in [0.25, 0.3) is 0 Å². The fraction of sp³-hybridized carbons (Fsp3) is 0.684. The molecule has 1 aliphatic carbocycles. The third-order valence-electron chi connectivity index (χ3n) is 5.28. The van der Waals surface area contributed by atoms with Crippen LogP contribution in [0.5, 0.6) is 0 Å². The van der Waals surface area contributed by atoms with Crippen LogP contribution >= 0.6 is 0 Å². The molecule has 116 valence electrons. The Morgan fingerprint density at radius 2 is 1.81 bits per heavy atom. The van der Waals surface area contributed by atoms with Crippen LogP contribution in [0.15, 0.2) is 30.3 Å². The Morgan fingerprint density at radius 3 is 2.52 bits per heavy atom. The van der Waals surface area contributed by atoms with E-state index in [0.29, 0.717) is 0 Å². The molecule has 1 saturated heterocycles. The van der Waals surface area contributed by atoms with E-state index in [9.17, 15) is 0 Å². The van der Waals surface area contributed by atoms with E-state index in [4.69, 9.17) is 0 Å². The van der Waals surface area contributed by atoms with Gasteiger partial charge in [0.2, 0.25) is 0 Å². The van der Waals surface area contributed by atoms with Crippen LogP contribution in [0.25, 0.3) is 0 Å². The van der Waals surface area contributed by atoms with Gasteiger partial charge in [-0.2, -0.15) is 0 Å². The van der Waals surface area contributed by atoms with Crippen molar-refractivity contribution in [2.45, 2.75) is 64.1 Å². The maximum atomic E-state index is 3.78. The Bertz CT molecular complexity index is 434. The summed E-state index contributed by atoms with van der Waals surface area (Å²) >= 11 is 0. The van der Waals surface area contributed by atoms with Gasteiger partial charge in [-0.05, 0) is 38.2 Å². The predicted molar refractivity (Wildman–Crippen MR) is 89.3 cm³/mol. The summed E-state index contributed by atoms with van der Waals surface area (Å²) in [6.07, 6.45) is 7.17. The van der Waals surface area contributed by atoms with Crippen molar-refractivity contribution in [3.05, 3.63) is 35.9 Å². The van der Waals surface area contributed by atoms with Gasteiger partial charge in [-0.15, -0.1) is 0 Å². The Labute approximate surface area is 129 Å². The first-order chi connectivity index (χ1) is 10.1. The highest BCUT2D eigenvalue weighted by atomic mass is 15.3. The first-order valence-electron chi connectivity index (χ1n) is 8.67. The molecule has 0 aromatic heterocycles. The van der Waals surface area contributed by atoms with E-state index in [1.807, 2.05) is 0 Å². The molecule has 1 N–H and O–H groups in total.